The number of aromatic hydroxyl groups is 1. The van der Waals surface area contributed by atoms with Crippen molar-refractivity contribution in [2.75, 3.05) is 33.1 Å². The van der Waals surface area contributed by atoms with E-state index in [2.05, 4.69) is 0 Å². The average Bonchev–Trinajstić information content (AvgIpc) is 2.90. The minimum Gasteiger partial charge on any atom is -0.507 e. The molecule has 0 radical (unpaired) electrons. The lowest BCUT2D eigenvalue weighted by atomic mass is 9.52. The van der Waals surface area contributed by atoms with Crippen LogP contribution in [0.3, 0.4) is 0 Å². The summed E-state index contributed by atoms with van der Waals surface area (Å²) in [5, 5.41) is 33.9. The SMILES string of the molecule is CN(C)c1ccc(-c2cc(CN)c(O)c3c2C[C@@H]2C[C@@H]4C(N(C)C)C(O)C(C(N)=O)C(=O)[C@]4(O)C(=O)C2C3=O)cc1. The van der Waals surface area contributed by atoms with Crippen molar-refractivity contribution in [1.82, 2.24) is 4.90 Å². The van der Waals surface area contributed by atoms with E-state index in [9.17, 15) is 34.5 Å². The summed E-state index contributed by atoms with van der Waals surface area (Å²) >= 11 is 0. The van der Waals surface area contributed by atoms with Crippen molar-refractivity contribution in [2.24, 2.45) is 35.1 Å². The lowest BCUT2D eigenvalue weighted by Crippen LogP contribution is -2.75. The Hall–Kier alpha value is -3.64. The van der Waals surface area contributed by atoms with E-state index in [4.69, 9.17) is 11.5 Å². The van der Waals surface area contributed by atoms with Crippen LogP contribution in [0.5, 0.6) is 5.75 Å². The second-order valence-electron chi connectivity index (χ2n) is 11.9. The number of aliphatic hydroxyl groups excluding tert-OH is 1. The normalized spacial score (nSPS) is 31.0. The standard InChI is InChI=1S/C30H36N4O7/c1-33(2)16-7-5-13(6-8-16)17-10-15(12-31)24(35)21-18(17)9-14-11-19-23(34(3)4)26(37)22(29(32)40)28(39)30(19,41)27(38)20(14)25(21)36/h5-8,10,14,19-20,22-23,26,35,37,41H,9,11-12,31H2,1-4H3,(H2,32,40)/t14-,19-,20?,22?,23?,26?,30-/m1/s1. The smallest absolute Gasteiger partial charge is 0.230 e. The number of nitrogens with zero attached hydrogens (tertiary/aromatic N) is 2. The van der Waals surface area contributed by atoms with Crippen LogP contribution in [0.1, 0.15) is 27.9 Å². The van der Waals surface area contributed by atoms with Crippen LogP contribution in [0, 0.1) is 23.7 Å². The van der Waals surface area contributed by atoms with Crippen molar-refractivity contribution < 1.29 is 34.5 Å². The van der Waals surface area contributed by atoms with Crippen LogP contribution in [-0.4, -0.2) is 89.4 Å². The number of benzene rings is 2. The van der Waals surface area contributed by atoms with Gasteiger partial charge in [0.15, 0.2) is 23.0 Å². The fourth-order valence-electron chi connectivity index (χ4n) is 7.30. The molecule has 0 aliphatic heterocycles. The number of fused-ring (bicyclic) bond motifs is 3. The second kappa shape index (κ2) is 10.0. The summed E-state index contributed by atoms with van der Waals surface area (Å²) in [4.78, 5) is 57.4. The van der Waals surface area contributed by atoms with Gasteiger partial charge in [-0.25, -0.2) is 0 Å². The molecule has 218 valence electrons. The summed E-state index contributed by atoms with van der Waals surface area (Å²) in [5.41, 5.74) is 12.0. The molecular weight excluding hydrogens is 528 g/mol. The number of aliphatic hydroxyl groups is 2. The third-order valence-corrected chi connectivity index (χ3v) is 9.28. The molecule has 3 aliphatic rings. The molecule has 3 aliphatic carbocycles. The molecule has 0 spiro atoms. The van der Waals surface area contributed by atoms with E-state index in [0.717, 1.165) is 11.3 Å². The molecule has 2 fully saturated rings. The van der Waals surface area contributed by atoms with Gasteiger partial charge < -0.3 is 36.6 Å². The van der Waals surface area contributed by atoms with Gasteiger partial charge in [0.25, 0.3) is 0 Å². The first-order valence-electron chi connectivity index (χ1n) is 13.6. The van der Waals surface area contributed by atoms with Gasteiger partial charge in [0.1, 0.15) is 11.7 Å². The molecule has 0 bridgehead atoms. The molecule has 7 N–H and O–H groups in total. The van der Waals surface area contributed by atoms with Crippen LogP contribution in [-0.2, 0) is 27.3 Å². The first kappa shape index (κ1) is 28.9. The molecule has 5 rings (SSSR count). The summed E-state index contributed by atoms with van der Waals surface area (Å²) in [5.74, 6) is -9.36. The third-order valence-electron chi connectivity index (χ3n) is 9.28. The largest absolute Gasteiger partial charge is 0.507 e. The molecule has 2 aromatic carbocycles. The number of likely N-dealkylation sites (N-methyl/N-ethyl adjacent to an activating group) is 1. The van der Waals surface area contributed by atoms with E-state index in [1.165, 1.54) is 0 Å². The predicted molar refractivity (Wildman–Crippen MR) is 150 cm³/mol. The van der Waals surface area contributed by atoms with Crippen LogP contribution < -0.4 is 16.4 Å². The molecule has 0 saturated heterocycles. The van der Waals surface area contributed by atoms with Crippen molar-refractivity contribution in [2.45, 2.75) is 37.1 Å². The molecule has 11 heteroatoms. The zero-order valence-corrected chi connectivity index (χ0v) is 23.5. The number of amides is 1. The van der Waals surface area contributed by atoms with E-state index in [1.54, 1.807) is 25.1 Å². The molecule has 2 saturated carbocycles. The van der Waals surface area contributed by atoms with E-state index in [0.29, 0.717) is 16.7 Å². The maximum atomic E-state index is 14.1. The molecule has 41 heavy (non-hydrogen) atoms. The lowest BCUT2D eigenvalue weighted by molar-refractivity contribution is -0.190. The Morgan fingerprint density at radius 2 is 1.71 bits per heavy atom. The number of hydrogen-bond acceptors (Lipinski definition) is 10. The lowest BCUT2D eigenvalue weighted by Gasteiger charge is -2.55. The van der Waals surface area contributed by atoms with Crippen LogP contribution in [0.15, 0.2) is 30.3 Å². The van der Waals surface area contributed by atoms with Gasteiger partial charge in [-0.2, -0.15) is 0 Å². The molecule has 1 amide bonds. The van der Waals surface area contributed by atoms with E-state index >= 15 is 0 Å². The number of carbonyl (C=O) groups is 4. The van der Waals surface area contributed by atoms with Crippen LogP contribution in [0.4, 0.5) is 5.69 Å². The van der Waals surface area contributed by atoms with Crippen molar-refractivity contribution in [1.29, 1.82) is 0 Å². The van der Waals surface area contributed by atoms with E-state index < -0.39 is 64.7 Å². The summed E-state index contributed by atoms with van der Waals surface area (Å²) in [6.07, 6.45) is -1.29. The van der Waals surface area contributed by atoms with Gasteiger partial charge in [0.2, 0.25) is 5.91 Å². The van der Waals surface area contributed by atoms with Crippen LogP contribution in [0.25, 0.3) is 11.1 Å². The van der Waals surface area contributed by atoms with Crippen molar-refractivity contribution in [3.05, 3.63) is 47.0 Å². The number of carbonyl (C=O) groups excluding carboxylic acids is 4. The van der Waals surface area contributed by atoms with Gasteiger partial charge in [-0.05, 0) is 67.7 Å². The average molecular weight is 565 g/mol. The first-order valence-corrected chi connectivity index (χ1v) is 13.6. The zero-order valence-electron chi connectivity index (χ0n) is 23.5. The Bertz CT molecular complexity index is 1450. The molecule has 11 nitrogen and oxygen atoms in total. The van der Waals surface area contributed by atoms with E-state index in [1.807, 2.05) is 43.3 Å². The first-order chi connectivity index (χ1) is 19.2. The highest BCUT2D eigenvalue weighted by atomic mass is 16.3. The summed E-state index contributed by atoms with van der Waals surface area (Å²) in [6.45, 7) is -0.0651. The van der Waals surface area contributed by atoms with Crippen molar-refractivity contribution in [3.63, 3.8) is 0 Å². The Kier molecular flexibility index (Phi) is 7.06. The summed E-state index contributed by atoms with van der Waals surface area (Å²) < 4.78 is 0. The fraction of sp³-hybridized carbons (Fsp3) is 0.467. The zero-order chi connectivity index (χ0) is 30.1. The highest BCUT2D eigenvalue weighted by Gasteiger charge is 2.69. The Balaban J connectivity index is 1.67. The maximum absolute atomic E-state index is 14.1. The minimum absolute atomic E-state index is 0.0461. The van der Waals surface area contributed by atoms with Crippen molar-refractivity contribution >= 4 is 28.9 Å². The van der Waals surface area contributed by atoms with Gasteiger partial charge >= 0.3 is 0 Å². The van der Waals surface area contributed by atoms with Gasteiger partial charge in [0.05, 0.1) is 17.6 Å². The Labute approximate surface area is 237 Å². The number of Topliss-reactive ketones (excluding diaryl/α,β-unsaturated/α-hetero) is 3. The highest BCUT2D eigenvalue weighted by molar-refractivity contribution is 6.25. The van der Waals surface area contributed by atoms with Crippen LogP contribution in [0.2, 0.25) is 0 Å². The number of ketones is 3. The van der Waals surface area contributed by atoms with Gasteiger partial charge in [-0.15, -0.1) is 0 Å². The number of rotatable bonds is 5. The number of phenolic OH excluding ortho intramolecular Hbond substituents is 1. The van der Waals surface area contributed by atoms with Gasteiger partial charge in [0, 0.05) is 43.9 Å². The third kappa shape index (κ3) is 4.10. The minimum atomic E-state index is -2.70. The molecule has 0 heterocycles. The Morgan fingerprint density at radius 3 is 2.24 bits per heavy atom. The Morgan fingerprint density at radius 1 is 1.07 bits per heavy atom. The quantitative estimate of drug-likeness (QED) is 0.306. The fourth-order valence-corrected chi connectivity index (χ4v) is 7.30. The summed E-state index contributed by atoms with van der Waals surface area (Å²) in [6, 6.07) is 8.47. The van der Waals surface area contributed by atoms with Crippen molar-refractivity contribution in [3.8, 4) is 16.9 Å². The number of phenols is 1. The highest BCUT2D eigenvalue weighted by Crippen LogP contribution is 2.52. The number of nitrogens with two attached hydrogens (primary N) is 2. The van der Waals surface area contributed by atoms with Crippen LogP contribution >= 0.6 is 0 Å². The topological polar surface area (TPSA) is 187 Å². The molecule has 2 aromatic rings. The second-order valence-corrected chi connectivity index (χ2v) is 11.9. The molecule has 0 aromatic heterocycles. The van der Waals surface area contributed by atoms with Gasteiger partial charge in [-0.3, -0.25) is 19.2 Å². The monoisotopic (exact) mass is 564 g/mol. The molecule has 7 atom stereocenters. The van der Waals surface area contributed by atoms with E-state index in [-0.39, 0.29) is 30.7 Å². The maximum Gasteiger partial charge on any atom is 0.230 e. The molecular formula is C30H36N4O7. The number of anilines is 1. The van der Waals surface area contributed by atoms with Gasteiger partial charge in [-0.1, -0.05) is 12.1 Å². The number of primary amides is 1. The predicted octanol–water partition coefficient (Wildman–Crippen LogP) is -0.149. The summed E-state index contributed by atoms with van der Waals surface area (Å²) in [7, 11) is 7.07. The molecule has 4 unspecified atom stereocenters. The number of hydrogen-bond donors (Lipinski definition) is 5.